The minimum atomic E-state index is 0.353. The molecule has 3 heterocycles. The highest BCUT2D eigenvalue weighted by molar-refractivity contribution is 7.09. The summed E-state index contributed by atoms with van der Waals surface area (Å²) in [5, 5.41) is 6.46. The Labute approximate surface area is 149 Å². The average Bonchev–Trinajstić information content (AvgIpc) is 3.25. The molecule has 0 aliphatic carbocycles. The van der Waals surface area contributed by atoms with E-state index in [-0.39, 0.29) is 0 Å². The second-order valence-electron chi connectivity index (χ2n) is 7.01. The zero-order valence-corrected chi connectivity index (χ0v) is 15.7. The molecule has 0 bridgehead atoms. The topological polar surface area (TPSA) is 30.3 Å². The normalized spacial score (nSPS) is 18.1. The van der Waals surface area contributed by atoms with Crippen molar-refractivity contribution < 1.29 is 4.74 Å². The number of nitrogens with zero attached hydrogens (tertiary/aromatic N) is 3. The van der Waals surface area contributed by atoms with E-state index in [9.17, 15) is 0 Å². The SMILES string of the molecule is CCOCC1(CCc2cccs2)CCN(Cc2cnn(C)c2)CC1. The van der Waals surface area contributed by atoms with E-state index in [4.69, 9.17) is 4.74 Å². The van der Waals surface area contributed by atoms with E-state index < -0.39 is 0 Å². The van der Waals surface area contributed by atoms with Crippen molar-refractivity contribution in [2.75, 3.05) is 26.3 Å². The van der Waals surface area contributed by atoms with E-state index in [0.29, 0.717) is 5.41 Å². The third kappa shape index (κ3) is 4.68. The minimum absolute atomic E-state index is 0.353. The van der Waals surface area contributed by atoms with Crippen LogP contribution in [0.2, 0.25) is 0 Å². The van der Waals surface area contributed by atoms with Gasteiger partial charge in [0.1, 0.15) is 0 Å². The number of thiophene rings is 1. The molecule has 0 amide bonds. The molecule has 3 rings (SSSR count). The van der Waals surface area contributed by atoms with Crippen LogP contribution < -0.4 is 0 Å². The van der Waals surface area contributed by atoms with Crippen molar-refractivity contribution in [1.29, 1.82) is 0 Å². The molecule has 0 atom stereocenters. The van der Waals surface area contributed by atoms with E-state index >= 15 is 0 Å². The van der Waals surface area contributed by atoms with Crippen LogP contribution >= 0.6 is 11.3 Å². The quantitative estimate of drug-likeness (QED) is 0.729. The van der Waals surface area contributed by atoms with Crippen molar-refractivity contribution in [3.8, 4) is 0 Å². The standard InChI is InChI=1S/C19H29N3OS/c1-3-23-16-19(7-6-18-5-4-12-24-18)8-10-22(11-9-19)15-17-13-20-21(2)14-17/h4-5,12-14H,3,6-11,15-16H2,1-2H3. The van der Waals surface area contributed by atoms with Crippen LogP contribution in [0.4, 0.5) is 0 Å². The van der Waals surface area contributed by atoms with Crippen LogP contribution in [0.3, 0.4) is 0 Å². The van der Waals surface area contributed by atoms with Gasteiger partial charge in [-0.05, 0) is 62.6 Å². The van der Waals surface area contributed by atoms with Crippen LogP contribution in [-0.2, 0) is 24.8 Å². The van der Waals surface area contributed by atoms with Crippen LogP contribution in [0.1, 0.15) is 36.6 Å². The van der Waals surface area contributed by atoms with Gasteiger partial charge in [-0.15, -0.1) is 11.3 Å². The predicted molar refractivity (Wildman–Crippen MR) is 99.3 cm³/mol. The lowest BCUT2D eigenvalue weighted by Gasteiger charge is -2.41. The Morgan fingerprint density at radius 3 is 2.79 bits per heavy atom. The molecular formula is C19H29N3OS. The van der Waals surface area contributed by atoms with Crippen LogP contribution in [0.15, 0.2) is 29.9 Å². The van der Waals surface area contributed by atoms with E-state index in [1.165, 1.54) is 36.1 Å². The highest BCUT2D eigenvalue weighted by atomic mass is 32.1. The summed E-state index contributed by atoms with van der Waals surface area (Å²) in [6, 6.07) is 4.42. The summed E-state index contributed by atoms with van der Waals surface area (Å²) in [5.74, 6) is 0. The molecule has 0 radical (unpaired) electrons. The lowest BCUT2D eigenvalue weighted by Crippen LogP contribution is -2.42. The van der Waals surface area contributed by atoms with Crippen molar-refractivity contribution in [3.63, 3.8) is 0 Å². The van der Waals surface area contributed by atoms with E-state index in [0.717, 1.165) is 32.8 Å². The summed E-state index contributed by atoms with van der Waals surface area (Å²) < 4.78 is 7.76. The Morgan fingerprint density at radius 2 is 2.17 bits per heavy atom. The summed E-state index contributed by atoms with van der Waals surface area (Å²) >= 11 is 1.88. The third-order valence-electron chi connectivity index (χ3n) is 5.18. The first-order valence-electron chi connectivity index (χ1n) is 8.99. The van der Waals surface area contributed by atoms with Crippen molar-refractivity contribution in [2.24, 2.45) is 12.5 Å². The second-order valence-corrected chi connectivity index (χ2v) is 8.05. The van der Waals surface area contributed by atoms with Gasteiger partial charge in [0.05, 0.1) is 12.8 Å². The smallest absolute Gasteiger partial charge is 0.0534 e. The molecule has 1 fully saturated rings. The van der Waals surface area contributed by atoms with Crippen LogP contribution in [0.25, 0.3) is 0 Å². The van der Waals surface area contributed by atoms with Crippen molar-refractivity contribution in [1.82, 2.24) is 14.7 Å². The molecule has 0 N–H and O–H groups in total. The molecule has 1 aliphatic heterocycles. The first kappa shape index (κ1) is 17.6. The molecular weight excluding hydrogens is 318 g/mol. The summed E-state index contributed by atoms with van der Waals surface area (Å²) in [6.07, 6.45) is 9.01. The Bertz CT molecular complexity index is 600. The molecule has 5 heteroatoms. The number of piperidine rings is 1. The molecule has 2 aromatic rings. The van der Waals surface area contributed by atoms with Crippen LogP contribution in [-0.4, -0.2) is 41.0 Å². The van der Waals surface area contributed by atoms with Gasteiger partial charge < -0.3 is 4.74 Å². The Balaban J connectivity index is 1.55. The van der Waals surface area contributed by atoms with E-state index in [2.05, 4.69) is 40.6 Å². The van der Waals surface area contributed by atoms with Crippen molar-refractivity contribution >= 4 is 11.3 Å². The average molecular weight is 348 g/mol. The zero-order valence-electron chi connectivity index (χ0n) is 14.9. The number of rotatable bonds is 8. The summed E-state index contributed by atoms with van der Waals surface area (Å²) in [6.45, 7) is 7.17. The molecule has 0 spiro atoms. The maximum absolute atomic E-state index is 5.87. The molecule has 0 saturated carbocycles. The Morgan fingerprint density at radius 1 is 1.33 bits per heavy atom. The lowest BCUT2D eigenvalue weighted by atomic mass is 9.75. The number of aryl methyl sites for hydroxylation is 2. The number of aromatic nitrogens is 2. The molecule has 0 aromatic carbocycles. The fraction of sp³-hybridized carbons (Fsp3) is 0.632. The van der Waals surface area contributed by atoms with Crippen LogP contribution in [0, 0.1) is 5.41 Å². The van der Waals surface area contributed by atoms with Crippen LogP contribution in [0.5, 0.6) is 0 Å². The molecule has 132 valence electrons. The predicted octanol–water partition coefficient (Wildman–Crippen LogP) is 3.73. The fourth-order valence-corrected chi connectivity index (χ4v) is 4.33. The Kier molecular flexibility index (Phi) is 6.09. The summed E-state index contributed by atoms with van der Waals surface area (Å²) in [5.41, 5.74) is 1.67. The fourth-order valence-electron chi connectivity index (χ4n) is 3.63. The largest absolute Gasteiger partial charge is 0.381 e. The third-order valence-corrected chi connectivity index (χ3v) is 6.11. The minimum Gasteiger partial charge on any atom is -0.381 e. The van der Waals surface area contributed by atoms with Gasteiger partial charge in [-0.25, -0.2) is 0 Å². The Hall–Kier alpha value is -1.17. The van der Waals surface area contributed by atoms with E-state index in [1.54, 1.807) is 0 Å². The molecule has 0 unspecified atom stereocenters. The van der Waals surface area contributed by atoms with Gasteiger partial charge in [-0.2, -0.15) is 5.10 Å². The van der Waals surface area contributed by atoms with Gasteiger partial charge in [-0.1, -0.05) is 6.07 Å². The number of hydrogen-bond donors (Lipinski definition) is 0. The van der Waals surface area contributed by atoms with Gasteiger partial charge in [-0.3, -0.25) is 9.58 Å². The first-order valence-corrected chi connectivity index (χ1v) is 9.87. The summed E-state index contributed by atoms with van der Waals surface area (Å²) in [7, 11) is 1.98. The van der Waals surface area contributed by atoms with Crippen molar-refractivity contribution in [2.45, 2.75) is 39.2 Å². The number of ether oxygens (including phenoxy) is 1. The molecule has 24 heavy (non-hydrogen) atoms. The maximum atomic E-state index is 5.87. The van der Waals surface area contributed by atoms with Gasteiger partial charge in [0.2, 0.25) is 0 Å². The molecule has 4 nitrogen and oxygen atoms in total. The van der Waals surface area contributed by atoms with E-state index in [1.807, 2.05) is 29.3 Å². The van der Waals surface area contributed by atoms with Gasteiger partial charge in [0, 0.05) is 36.8 Å². The monoisotopic (exact) mass is 347 g/mol. The van der Waals surface area contributed by atoms with Gasteiger partial charge in [0.15, 0.2) is 0 Å². The highest BCUT2D eigenvalue weighted by Crippen LogP contribution is 2.37. The van der Waals surface area contributed by atoms with Gasteiger partial charge in [0.25, 0.3) is 0 Å². The molecule has 2 aromatic heterocycles. The number of likely N-dealkylation sites (tertiary alicyclic amines) is 1. The lowest BCUT2D eigenvalue weighted by molar-refractivity contribution is -0.00221. The van der Waals surface area contributed by atoms with Gasteiger partial charge >= 0.3 is 0 Å². The zero-order chi connectivity index (χ0) is 16.8. The van der Waals surface area contributed by atoms with Crippen molar-refractivity contribution in [3.05, 3.63) is 40.3 Å². The second kappa shape index (κ2) is 8.28. The molecule has 1 saturated heterocycles. The first-order chi connectivity index (χ1) is 11.7. The molecule has 1 aliphatic rings. The maximum Gasteiger partial charge on any atom is 0.0534 e. The summed E-state index contributed by atoms with van der Waals surface area (Å²) in [4.78, 5) is 4.07. The number of hydrogen-bond acceptors (Lipinski definition) is 4. The highest BCUT2D eigenvalue weighted by Gasteiger charge is 2.34.